The molecule has 0 saturated carbocycles. The molecule has 1 aromatic heterocycles. The summed E-state index contributed by atoms with van der Waals surface area (Å²) in [6.45, 7) is 4.47. The second kappa shape index (κ2) is 6.79. The van der Waals surface area contributed by atoms with Crippen LogP contribution in [0.15, 0.2) is 48.5 Å². The lowest BCUT2D eigenvalue weighted by Crippen LogP contribution is -2.18. The first-order valence-electron chi connectivity index (χ1n) is 7.56. The highest BCUT2D eigenvalue weighted by Crippen LogP contribution is 2.30. The van der Waals surface area contributed by atoms with Gasteiger partial charge in [-0.25, -0.2) is 4.98 Å². The lowest BCUT2D eigenvalue weighted by atomic mass is 10.0. The number of thiazole rings is 1. The number of rotatable bonds is 5. The molecule has 0 bridgehead atoms. The topological polar surface area (TPSA) is 51.2 Å². The van der Waals surface area contributed by atoms with Crippen LogP contribution >= 0.6 is 11.3 Å². The summed E-state index contributed by atoms with van der Waals surface area (Å²) in [6, 6.07) is 15.5. The minimum Gasteiger partial charge on any atom is -0.494 e. The van der Waals surface area contributed by atoms with E-state index >= 15 is 0 Å². The van der Waals surface area contributed by atoms with Crippen molar-refractivity contribution >= 4 is 32.6 Å². The van der Waals surface area contributed by atoms with Crippen LogP contribution in [0, 0.1) is 0 Å². The molecule has 1 N–H and O–H groups in total. The van der Waals surface area contributed by atoms with Crippen LogP contribution in [0.4, 0.5) is 5.13 Å². The Morgan fingerprint density at radius 2 is 2.04 bits per heavy atom. The summed E-state index contributed by atoms with van der Waals surface area (Å²) in [5.41, 5.74) is 1.85. The molecule has 0 fully saturated rings. The first kappa shape index (κ1) is 15.5. The van der Waals surface area contributed by atoms with Gasteiger partial charge in [0.05, 0.1) is 22.7 Å². The zero-order valence-corrected chi connectivity index (χ0v) is 13.9. The average molecular weight is 326 g/mol. The molecule has 0 aliphatic heterocycles. The second-order valence-corrected chi connectivity index (χ2v) is 6.23. The average Bonchev–Trinajstić information content (AvgIpc) is 2.96. The normalized spacial score (nSPS) is 12.1. The number of hydrogen-bond acceptors (Lipinski definition) is 4. The largest absolute Gasteiger partial charge is 0.494 e. The van der Waals surface area contributed by atoms with Gasteiger partial charge in [-0.2, -0.15) is 0 Å². The van der Waals surface area contributed by atoms with Crippen LogP contribution in [0.1, 0.15) is 25.3 Å². The van der Waals surface area contributed by atoms with Crippen molar-refractivity contribution in [1.82, 2.24) is 4.98 Å². The molecule has 5 heteroatoms. The van der Waals surface area contributed by atoms with E-state index in [4.69, 9.17) is 4.74 Å². The lowest BCUT2D eigenvalue weighted by molar-refractivity contribution is -0.117. The van der Waals surface area contributed by atoms with Gasteiger partial charge in [0.2, 0.25) is 5.91 Å². The van der Waals surface area contributed by atoms with E-state index in [0.29, 0.717) is 11.7 Å². The molecule has 0 aliphatic rings. The molecule has 23 heavy (non-hydrogen) atoms. The monoisotopic (exact) mass is 326 g/mol. The molecule has 4 nitrogen and oxygen atoms in total. The van der Waals surface area contributed by atoms with Gasteiger partial charge in [0.15, 0.2) is 5.13 Å². The second-order valence-electron chi connectivity index (χ2n) is 5.20. The molecule has 0 radical (unpaired) electrons. The van der Waals surface area contributed by atoms with Crippen LogP contribution in [-0.4, -0.2) is 17.5 Å². The molecule has 1 amide bonds. The number of benzene rings is 2. The van der Waals surface area contributed by atoms with Crippen molar-refractivity contribution in [3.63, 3.8) is 0 Å². The Hall–Kier alpha value is -2.40. The van der Waals surface area contributed by atoms with E-state index in [2.05, 4.69) is 10.3 Å². The number of aromatic nitrogens is 1. The number of nitrogens with one attached hydrogen (secondary N) is 1. The van der Waals surface area contributed by atoms with E-state index in [1.807, 2.05) is 62.4 Å². The Kier molecular flexibility index (Phi) is 4.57. The third-order valence-electron chi connectivity index (χ3n) is 3.59. The Morgan fingerprint density at radius 3 is 2.78 bits per heavy atom. The molecular formula is C18H18N2O2S. The number of hydrogen-bond donors (Lipinski definition) is 1. The summed E-state index contributed by atoms with van der Waals surface area (Å²) < 4.78 is 6.49. The predicted octanol–water partition coefficient (Wildman–Crippen LogP) is 4.44. The van der Waals surface area contributed by atoms with Gasteiger partial charge in [0.1, 0.15) is 5.75 Å². The molecule has 2 aromatic carbocycles. The molecule has 118 valence electrons. The van der Waals surface area contributed by atoms with Crippen molar-refractivity contribution in [1.29, 1.82) is 0 Å². The van der Waals surface area contributed by atoms with Crippen molar-refractivity contribution in [3.05, 3.63) is 54.1 Å². The number of carbonyl (C=O) groups excluding carboxylic acids is 1. The number of nitrogens with zero attached hydrogens (tertiary/aromatic N) is 1. The summed E-state index contributed by atoms with van der Waals surface area (Å²) in [4.78, 5) is 16.9. The maximum Gasteiger partial charge on any atom is 0.233 e. The molecular weight excluding hydrogens is 308 g/mol. The van der Waals surface area contributed by atoms with Gasteiger partial charge >= 0.3 is 0 Å². The summed E-state index contributed by atoms with van der Waals surface area (Å²) >= 11 is 1.46. The Morgan fingerprint density at radius 1 is 1.26 bits per heavy atom. The quantitative estimate of drug-likeness (QED) is 0.754. The first-order chi connectivity index (χ1) is 11.2. The number of carbonyl (C=O) groups is 1. The zero-order valence-electron chi connectivity index (χ0n) is 13.1. The standard InChI is InChI=1S/C18H18N2O2S/c1-3-22-14-9-10-15-16(11-14)23-18(19-15)20-17(21)12(2)13-7-5-4-6-8-13/h4-12H,3H2,1-2H3,(H,19,20,21)/t12-/m0/s1. The van der Waals surface area contributed by atoms with Crippen LogP contribution in [0.3, 0.4) is 0 Å². The van der Waals surface area contributed by atoms with E-state index in [1.165, 1.54) is 11.3 Å². The molecule has 0 aliphatic carbocycles. The molecule has 1 heterocycles. The van der Waals surface area contributed by atoms with Gasteiger partial charge in [0, 0.05) is 0 Å². The number of ether oxygens (including phenoxy) is 1. The van der Waals surface area contributed by atoms with Crippen LogP contribution in [0.25, 0.3) is 10.2 Å². The molecule has 1 atom stereocenters. The fourth-order valence-corrected chi connectivity index (χ4v) is 3.22. The minimum absolute atomic E-state index is 0.0553. The molecule has 0 unspecified atom stereocenters. The van der Waals surface area contributed by atoms with Gasteiger partial charge in [-0.05, 0) is 37.6 Å². The molecule has 0 saturated heterocycles. The SMILES string of the molecule is CCOc1ccc2nc(NC(=O)[C@@H](C)c3ccccc3)sc2c1. The zero-order chi connectivity index (χ0) is 16.2. The van der Waals surface area contributed by atoms with Crippen LogP contribution in [0.5, 0.6) is 5.75 Å². The summed E-state index contributed by atoms with van der Waals surface area (Å²) in [5, 5.41) is 3.52. The fourth-order valence-electron chi connectivity index (χ4n) is 2.32. The third-order valence-corrected chi connectivity index (χ3v) is 4.53. The van der Waals surface area contributed by atoms with Gasteiger partial charge in [0.25, 0.3) is 0 Å². The van der Waals surface area contributed by atoms with E-state index < -0.39 is 0 Å². The molecule has 3 rings (SSSR count). The van der Waals surface area contributed by atoms with Gasteiger partial charge in [-0.3, -0.25) is 4.79 Å². The van der Waals surface area contributed by atoms with Gasteiger partial charge in [-0.15, -0.1) is 0 Å². The summed E-state index contributed by atoms with van der Waals surface area (Å²) in [6.07, 6.45) is 0. The first-order valence-corrected chi connectivity index (χ1v) is 8.38. The van der Waals surface area contributed by atoms with Gasteiger partial charge < -0.3 is 10.1 Å². The van der Waals surface area contributed by atoms with Crippen molar-refractivity contribution in [2.75, 3.05) is 11.9 Å². The van der Waals surface area contributed by atoms with E-state index in [-0.39, 0.29) is 11.8 Å². The summed E-state index contributed by atoms with van der Waals surface area (Å²) in [5.74, 6) is 0.543. The van der Waals surface area contributed by atoms with Gasteiger partial charge in [-0.1, -0.05) is 41.7 Å². The van der Waals surface area contributed by atoms with Crippen molar-refractivity contribution < 1.29 is 9.53 Å². The maximum absolute atomic E-state index is 12.4. The highest BCUT2D eigenvalue weighted by atomic mass is 32.1. The molecule has 3 aromatic rings. The highest BCUT2D eigenvalue weighted by molar-refractivity contribution is 7.22. The van der Waals surface area contributed by atoms with Crippen molar-refractivity contribution in [3.8, 4) is 5.75 Å². The lowest BCUT2D eigenvalue weighted by Gasteiger charge is -2.10. The highest BCUT2D eigenvalue weighted by Gasteiger charge is 2.16. The Bertz CT molecular complexity index is 814. The third kappa shape index (κ3) is 3.51. The van der Waals surface area contributed by atoms with E-state index in [0.717, 1.165) is 21.5 Å². The Labute approximate surface area is 139 Å². The number of fused-ring (bicyclic) bond motifs is 1. The van der Waals surface area contributed by atoms with E-state index in [9.17, 15) is 4.79 Å². The maximum atomic E-state index is 12.4. The van der Waals surface area contributed by atoms with Crippen LogP contribution in [0.2, 0.25) is 0 Å². The van der Waals surface area contributed by atoms with Crippen molar-refractivity contribution in [2.45, 2.75) is 19.8 Å². The number of amides is 1. The van der Waals surface area contributed by atoms with Crippen LogP contribution < -0.4 is 10.1 Å². The molecule has 0 spiro atoms. The summed E-state index contributed by atoms with van der Waals surface area (Å²) in [7, 11) is 0. The minimum atomic E-state index is -0.220. The Balaban J connectivity index is 1.77. The van der Waals surface area contributed by atoms with E-state index in [1.54, 1.807) is 0 Å². The van der Waals surface area contributed by atoms with Crippen molar-refractivity contribution in [2.24, 2.45) is 0 Å². The fraction of sp³-hybridized carbons (Fsp3) is 0.222. The number of anilines is 1. The van der Waals surface area contributed by atoms with Crippen LogP contribution in [-0.2, 0) is 4.79 Å². The smallest absolute Gasteiger partial charge is 0.233 e. The predicted molar refractivity (Wildman–Crippen MR) is 94.3 cm³/mol.